The van der Waals surface area contributed by atoms with Gasteiger partial charge in [0.2, 0.25) is 0 Å². The molecule has 0 radical (unpaired) electrons. The molecule has 1 rings (SSSR count). The summed E-state index contributed by atoms with van der Waals surface area (Å²) in [5, 5.41) is 12.6. The molecule has 0 amide bonds. The zero-order valence-corrected chi connectivity index (χ0v) is 7.54. The highest BCUT2D eigenvalue weighted by Gasteiger charge is 2.07. The van der Waals surface area contributed by atoms with Crippen LogP contribution in [0.2, 0.25) is 0 Å². The fraction of sp³-hybridized carbons (Fsp3) is 0.400. The predicted octanol–water partition coefficient (Wildman–Crippen LogP) is 1.25. The van der Waals surface area contributed by atoms with E-state index < -0.39 is 6.10 Å². The fourth-order valence-corrected chi connectivity index (χ4v) is 1.26. The van der Waals surface area contributed by atoms with Crippen LogP contribution in [0.1, 0.15) is 17.2 Å². The maximum atomic E-state index is 9.64. The third kappa shape index (κ3) is 2.06. The number of benzene rings is 1. The second kappa shape index (κ2) is 4.24. The minimum atomic E-state index is -0.392. The van der Waals surface area contributed by atoms with Crippen molar-refractivity contribution in [1.29, 1.82) is 0 Å². The van der Waals surface area contributed by atoms with Gasteiger partial charge in [-0.25, -0.2) is 0 Å². The van der Waals surface area contributed by atoms with Crippen LogP contribution in [-0.4, -0.2) is 18.7 Å². The maximum absolute atomic E-state index is 9.64. The summed E-state index contributed by atoms with van der Waals surface area (Å²) in [5.41, 5.74) is 2.15. The van der Waals surface area contributed by atoms with Crippen molar-refractivity contribution in [2.24, 2.45) is 0 Å². The van der Waals surface area contributed by atoms with Crippen LogP contribution in [0.5, 0.6) is 0 Å². The Hall–Kier alpha value is -0.860. The number of hydrogen-bond acceptors (Lipinski definition) is 2. The molecule has 1 atom stereocenters. The Morgan fingerprint density at radius 1 is 1.42 bits per heavy atom. The van der Waals surface area contributed by atoms with Crippen LogP contribution < -0.4 is 5.32 Å². The highest BCUT2D eigenvalue weighted by Crippen LogP contribution is 2.15. The molecule has 66 valence electrons. The lowest BCUT2D eigenvalue weighted by atomic mass is 10.0. The molecule has 0 saturated heterocycles. The van der Waals surface area contributed by atoms with E-state index in [4.69, 9.17) is 0 Å². The standard InChI is InChI=1S/C10H15NO/c1-8-5-3-4-6-9(8)10(12)7-11-2/h3-6,10-12H,7H2,1-2H3/t10-/m1/s1. The van der Waals surface area contributed by atoms with Crippen molar-refractivity contribution in [3.05, 3.63) is 35.4 Å². The lowest BCUT2D eigenvalue weighted by molar-refractivity contribution is 0.177. The van der Waals surface area contributed by atoms with E-state index in [9.17, 15) is 5.11 Å². The molecule has 2 N–H and O–H groups in total. The SMILES string of the molecule is CNC[C@@H](O)c1ccccc1C. The van der Waals surface area contributed by atoms with E-state index in [1.54, 1.807) is 0 Å². The van der Waals surface area contributed by atoms with E-state index in [2.05, 4.69) is 5.32 Å². The summed E-state index contributed by atoms with van der Waals surface area (Å²) in [6.45, 7) is 2.61. The zero-order valence-electron chi connectivity index (χ0n) is 7.54. The van der Waals surface area contributed by atoms with Gasteiger partial charge in [-0.05, 0) is 25.1 Å². The number of aliphatic hydroxyl groups is 1. The third-order valence-corrected chi connectivity index (χ3v) is 1.94. The molecule has 0 unspecified atom stereocenters. The van der Waals surface area contributed by atoms with Crippen LogP contribution in [0, 0.1) is 6.92 Å². The highest BCUT2D eigenvalue weighted by atomic mass is 16.3. The Kier molecular flexibility index (Phi) is 3.26. The summed E-state index contributed by atoms with van der Waals surface area (Å²) in [7, 11) is 1.83. The Labute approximate surface area is 73.2 Å². The zero-order chi connectivity index (χ0) is 8.97. The summed E-state index contributed by atoms with van der Waals surface area (Å²) in [6, 6.07) is 7.89. The van der Waals surface area contributed by atoms with Gasteiger partial charge in [0.25, 0.3) is 0 Å². The molecule has 2 nitrogen and oxygen atoms in total. The molecule has 1 aromatic rings. The number of aliphatic hydroxyl groups excluding tert-OH is 1. The number of aryl methyl sites for hydroxylation is 1. The molecule has 1 aromatic carbocycles. The first-order valence-corrected chi connectivity index (χ1v) is 4.14. The van der Waals surface area contributed by atoms with Crippen molar-refractivity contribution in [2.75, 3.05) is 13.6 Å². The monoisotopic (exact) mass is 165 g/mol. The quantitative estimate of drug-likeness (QED) is 0.706. The molecular formula is C10H15NO. The Morgan fingerprint density at radius 3 is 2.67 bits per heavy atom. The minimum absolute atomic E-state index is 0.392. The highest BCUT2D eigenvalue weighted by molar-refractivity contribution is 5.27. The van der Waals surface area contributed by atoms with E-state index in [-0.39, 0.29) is 0 Å². The van der Waals surface area contributed by atoms with Crippen molar-refractivity contribution in [3.63, 3.8) is 0 Å². The predicted molar refractivity (Wildman–Crippen MR) is 50.1 cm³/mol. The molecule has 0 bridgehead atoms. The molecule has 0 saturated carbocycles. The lowest BCUT2D eigenvalue weighted by Gasteiger charge is -2.12. The van der Waals surface area contributed by atoms with Gasteiger partial charge in [-0.2, -0.15) is 0 Å². The molecule has 0 aliphatic rings. The Morgan fingerprint density at radius 2 is 2.08 bits per heavy atom. The first kappa shape index (κ1) is 9.23. The van der Waals surface area contributed by atoms with Crippen LogP contribution in [0.25, 0.3) is 0 Å². The molecule has 0 heterocycles. The molecular weight excluding hydrogens is 150 g/mol. The average Bonchev–Trinajstić information content (AvgIpc) is 2.05. The van der Waals surface area contributed by atoms with E-state index in [1.165, 1.54) is 0 Å². The van der Waals surface area contributed by atoms with E-state index in [0.717, 1.165) is 11.1 Å². The van der Waals surface area contributed by atoms with Gasteiger partial charge in [0.05, 0.1) is 6.10 Å². The number of rotatable bonds is 3. The van der Waals surface area contributed by atoms with Crippen LogP contribution >= 0.6 is 0 Å². The summed E-state index contributed by atoms with van der Waals surface area (Å²) in [5.74, 6) is 0. The van der Waals surface area contributed by atoms with Gasteiger partial charge in [0.15, 0.2) is 0 Å². The van der Waals surface area contributed by atoms with Crippen LogP contribution in [0.4, 0.5) is 0 Å². The van der Waals surface area contributed by atoms with Crippen molar-refractivity contribution in [1.82, 2.24) is 5.32 Å². The molecule has 2 heteroatoms. The first-order chi connectivity index (χ1) is 5.75. The molecule has 0 aliphatic carbocycles. The van der Waals surface area contributed by atoms with Crippen LogP contribution in [0.15, 0.2) is 24.3 Å². The number of hydrogen-bond donors (Lipinski definition) is 2. The van der Waals surface area contributed by atoms with Gasteiger partial charge in [0, 0.05) is 6.54 Å². The normalized spacial score (nSPS) is 12.9. The van der Waals surface area contributed by atoms with Gasteiger partial charge in [-0.15, -0.1) is 0 Å². The van der Waals surface area contributed by atoms with Gasteiger partial charge in [-0.1, -0.05) is 24.3 Å². The van der Waals surface area contributed by atoms with Crippen molar-refractivity contribution < 1.29 is 5.11 Å². The third-order valence-electron chi connectivity index (χ3n) is 1.94. The van der Waals surface area contributed by atoms with E-state index in [1.807, 2.05) is 38.2 Å². The first-order valence-electron chi connectivity index (χ1n) is 4.14. The van der Waals surface area contributed by atoms with Gasteiger partial charge in [0.1, 0.15) is 0 Å². The number of likely N-dealkylation sites (N-methyl/N-ethyl adjacent to an activating group) is 1. The van der Waals surface area contributed by atoms with E-state index in [0.29, 0.717) is 6.54 Å². The molecule has 12 heavy (non-hydrogen) atoms. The minimum Gasteiger partial charge on any atom is -0.387 e. The molecule has 0 aliphatic heterocycles. The van der Waals surface area contributed by atoms with Gasteiger partial charge >= 0.3 is 0 Å². The molecule has 0 spiro atoms. The summed E-state index contributed by atoms with van der Waals surface area (Å²) in [4.78, 5) is 0. The van der Waals surface area contributed by atoms with E-state index >= 15 is 0 Å². The second-order valence-corrected chi connectivity index (χ2v) is 2.93. The molecule has 0 fully saturated rings. The van der Waals surface area contributed by atoms with Crippen LogP contribution in [-0.2, 0) is 0 Å². The lowest BCUT2D eigenvalue weighted by Crippen LogP contribution is -2.17. The second-order valence-electron chi connectivity index (χ2n) is 2.93. The summed E-state index contributed by atoms with van der Waals surface area (Å²) in [6.07, 6.45) is -0.392. The fourth-order valence-electron chi connectivity index (χ4n) is 1.26. The smallest absolute Gasteiger partial charge is 0.0916 e. The molecule has 0 aromatic heterocycles. The Balaban J connectivity index is 2.79. The largest absolute Gasteiger partial charge is 0.387 e. The maximum Gasteiger partial charge on any atom is 0.0916 e. The Bertz CT molecular complexity index is 247. The van der Waals surface area contributed by atoms with Crippen molar-refractivity contribution in [3.8, 4) is 0 Å². The van der Waals surface area contributed by atoms with Gasteiger partial charge < -0.3 is 10.4 Å². The van der Waals surface area contributed by atoms with Crippen molar-refractivity contribution >= 4 is 0 Å². The summed E-state index contributed by atoms with van der Waals surface area (Å²) >= 11 is 0. The number of nitrogens with one attached hydrogen (secondary N) is 1. The van der Waals surface area contributed by atoms with Gasteiger partial charge in [-0.3, -0.25) is 0 Å². The van der Waals surface area contributed by atoms with Crippen molar-refractivity contribution in [2.45, 2.75) is 13.0 Å². The summed E-state index contributed by atoms with van der Waals surface area (Å²) < 4.78 is 0. The van der Waals surface area contributed by atoms with Crippen LogP contribution in [0.3, 0.4) is 0 Å². The topological polar surface area (TPSA) is 32.3 Å². The average molecular weight is 165 g/mol.